The van der Waals surface area contributed by atoms with E-state index in [0.717, 1.165) is 17.3 Å². The summed E-state index contributed by atoms with van der Waals surface area (Å²) in [4.78, 5) is 29.9. The Kier molecular flexibility index (Phi) is 3.64. The Hall–Kier alpha value is -2.69. The summed E-state index contributed by atoms with van der Waals surface area (Å²) in [5, 5.41) is 3.28. The van der Waals surface area contributed by atoms with Gasteiger partial charge in [0, 0.05) is 24.7 Å². The fourth-order valence-electron chi connectivity index (χ4n) is 2.27. The van der Waals surface area contributed by atoms with Gasteiger partial charge in [-0.2, -0.15) is 0 Å². The van der Waals surface area contributed by atoms with Crippen LogP contribution >= 0.6 is 0 Å². The number of hydrogen-bond donors (Lipinski definition) is 1. The van der Waals surface area contributed by atoms with Gasteiger partial charge in [-0.05, 0) is 18.6 Å². The topological polar surface area (TPSA) is 62.3 Å². The lowest BCUT2D eigenvalue weighted by Crippen LogP contribution is -2.44. The van der Waals surface area contributed by atoms with E-state index >= 15 is 0 Å². The Balaban J connectivity index is 1.74. The molecule has 1 aliphatic rings. The minimum absolute atomic E-state index is 0.363. The van der Waals surface area contributed by atoms with Gasteiger partial charge in [-0.1, -0.05) is 30.4 Å². The molecule has 3 rings (SSSR count). The highest BCUT2D eigenvalue weighted by molar-refractivity contribution is 6.05. The lowest BCUT2D eigenvalue weighted by atomic mass is 10.1. The fourth-order valence-corrected chi connectivity index (χ4v) is 2.27. The molecule has 0 radical (unpaired) electrons. The molecule has 0 saturated heterocycles. The molecule has 0 unspecified atom stereocenters. The number of nitrogens with one attached hydrogen (secondary N) is 1. The van der Waals surface area contributed by atoms with E-state index in [-0.39, 0.29) is 6.03 Å². The van der Waals surface area contributed by atoms with E-state index in [1.807, 2.05) is 36.4 Å². The van der Waals surface area contributed by atoms with Crippen LogP contribution in [0.1, 0.15) is 16.8 Å². The van der Waals surface area contributed by atoms with Crippen molar-refractivity contribution in [1.82, 2.24) is 15.2 Å². The monoisotopic (exact) mass is 281 g/mol. The number of carbonyl (C=O) groups excluding carboxylic acids is 2. The Bertz CT molecular complexity index is 724. The average molecular weight is 281 g/mol. The zero-order valence-corrected chi connectivity index (χ0v) is 11.5. The summed E-state index contributed by atoms with van der Waals surface area (Å²) >= 11 is 0. The van der Waals surface area contributed by atoms with E-state index in [1.165, 1.54) is 6.20 Å². The van der Waals surface area contributed by atoms with Gasteiger partial charge < -0.3 is 4.90 Å². The van der Waals surface area contributed by atoms with Crippen LogP contribution in [0.3, 0.4) is 0 Å². The molecule has 2 heterocycles. The number of fused-ring (bicyclic) bond motifs is 1. The summed E-state index contributed by atoms with van der Waals surface area (Å²) in [7, 11) is 0. The van der Waals surface area contributed by atoms with Crippen LogP contribution in [0.2, 0.25) is 0 Å². The van der Waals surface area contributed by atoms with Crippen molar-refractivity contribution >= 4 is 22.8 Å². The highest BCUT2D eigenvalue weighted by Crippen LogP contribution is 2.12. The van der Waals surface area contributed by atoms with Crippen LogP contribution < -0.4 is 5.32 Å². The lowest BCUT2D eigenvalue weighted by molar-refractivity contribution is 0.0953. The number of aromatic nitrogens is 1. The van der Waals surface area contributed by atoms with Crippen molar-refractivity contribution in [1.29, 1.82) is 0 Å². The van der Waals surface area contributed by atoms with Gasteiger partial charge in [-0.3, -0.25) is 15.1 Å². The molecule has 0 spiro atoms. The molecule has 0 atom stereocenters. The highest BCUT2D eigenvalue weighted by Gasteiger charge is 2.17. The maximum Gasteiger partial charge on any atom is 0.324 e. The first-order valence-corrected chi connectivity index (χ1v) is 6.84. The molecule has 0 fully saturated rings. The van der Waals surface area contributed by atoms with Gasteiger partial charge in [0.05, 0.1) is 11.1 Å². The van der Waals surface area contributed by atoms with Gasteiger partial charge in [0.15, 0.2) is 0 Å². The second kappa shape index (κ2) is 5.75. The average Bonchev–Trinajstić information content (AvgIpc) is 2.55. The van der Waals surface area contributed by atoms with Gasteiger partial charge in [-0.15, -0.1) is 0 Å². The highest BCUT2D eigenvalue weighted by atomic mass is 16.2. The third-order valence-electron chi connectivity index (χ3n) is 3.42. The third-order valence-corrected chi connectivity index (χ3v) is 3.42. The van der Waals surface area contributed by atoms with E-state index in [2.05, 4.69) is 10.3 Å². The van der Waals surface area contributed by atoms with Crippen LogP contribution in [0.15, 0.2) is 48.7 Å². The summed E-state index contributed by atoms with van der Waals surface area (Å²) in [6.45, 7) is 1.17. The Morgan fingerprint density at radius 2 is 2.05 bits per heavy atom. The van der Waals surface area contributed by atoms with Crippen LogP contribution in [-0.2, 0) is 0 Å². The molecular weight excluding hydrogens is 266 g/mol. The molecule has 1 aromatic heterocycles. The zero-order valence-electron chi connectivity index (χ0n) is 11.5. The first kappa shape index (κ1) is 13.3. The molecule has 0 aliphatic carbocycles. The second-order valence-electron chi connectivity index (χ2n) is 4.88. The molecule has 1 aliphatic heterocycles. The summed E-state index contributed by atoms with van der Waals surface area (Å²) < 4.78 is 0. The standard InChI is InChI=1S/C16H15N3O2/c20-15(18-16(21)19-8-4-1-5-9-19)13-10-12-6-2-3-7-14(12)17-11-13/h1-4,6-7,10-11H,5,8-9H2,(H,18,20,21). The Labute approximate surface area is 122 Å². The van der Waals surface area contributed by atoms with Gasteiger partial charge in [0.25, 0.3) is 5.91 Å². The summed E-state index contributed by atoms with van der Waals surface area (Å²) in [6.07, 6.45) is 6.25. The predicted molar refractivity (Wildman–Crippen MR) is 79.9 cm³/mol. The van der Waals surface area contributed by atoms with Crippen LogP contribution in [0.4, 0.5) is 4.79 Å². The molecule has 2 aromatic rings. The van der Waals surface area contributed by atoms with E-state index in [9.17, 15) is 9.59 Å². The SMILES string of the molecule is O=C(NC(=O)N1CC=CCC1)c1cnc2ccccc2c1. The zero-order chi connectivity index (χ0) is 14.7. The van der Waals surface area contributed by atoms with Crippen molar-refractivity contribution < 1.29 is 9.59 Å². The number of nitrogens with zero attached hydrogens (tertiary/aromatic N) is 2. The summed E-state index contributed by atoms with van der Waals surface area (Å²) in [5.41, 5.74) is 1.20. The smallest absolute Gasteiger partial charge is 0.320 e. The van der Waals surface area contributed by atoms with Crippen molar-refractivity contribution in [2.45, 2.75) is 6.42 Å². The van der Waals surface area contributed by atoms with E-state index in [0.29, 0.717) is 18.7 Å². The number of carbonyl (C=O) groups is 2. The lowest BCUT2D eigenvalue weighted by Gasteiger charge is -2.23. The van der Waals surface area contributed by atoms with Crippen molar-refractivity contribution in [3.8, 4) is 0 Å². The van der Waals surface area contributed by atoms with Crippen molar-refractivity contribution in [2.24, 2.45) is 0 Å². The predicted octanol–water partition coefficient (Wildman–Crippen LogP) is 2.35. The molecule has 5 heteroatoms. The number of hydrogen-bond acceptors (Lipinski definition) is 3. The third kappa shape index (κ3) is 2.91. The van der Waals surface area contributed by atoms with Crippen LogP contribution in [0.5, 0.6) is 0 Å². The van der Waals surface area contributed by atoms with Crippen LogP contribution in [-0.4, -0.2) is 34.9 Å². The fraction of sp³-hybridized carbons (Fsp3) is 0.188. The quantitative estimate of drug-likeness (QED) is 0.816. The molecule has 1 aromatic carbocycles. The van der Waals surface area contributed by atoms with Crippen molar-refractivity contribution in [3.05, 3.63) is 54.2 Å². The number of benzene rings is 1. The van der Waals surface area contributed by atoms with Crippen molar-refractivity contribution in [3.63, 3.8) is 0 Å². The van der Waals surface area contributed by atoms with E-state index in [4.69, 9.17) is 0 Å². The molecule has 3 amide bonds. The molecule has 106 valence electrons. The summed E-state index contributed by atoms with van der Waals surface area (Å²) in [6, 6.07) is 8.91. The number of pyridine rings is 1. The molecule has 21 heavy (non-hydrogen) atoms. The van der Waals surface area contributed by atoms with Gasteiger partial charge in [0.1, 0.15) is 0 Å². The van der Waals surface area contributed by atoms with Crippen molar-refractivity contribution in [2.75, 3.05) is 13.1 Å². The Morgan fingerprint density at radius 3 is 2.86 bits per heavy atom. The second-order valence-corrected chi connectivity index (χ2v) is 4.88. The van der Waals surface area contributed by atoms with Gasteiger partial charge >= 0.3 is 6.03 Å². The first-order valence-electron chi connectivity index (χ1n) is 6.84. The minimum atomic E-state index is -0.423. The maximum absolute atomic E-state index is 12.1. The van der Waals surface area contributed by atoms with E-state index < -0.39 is 5.91 Å². The molecule has 0 bridgehead atoms. The number of imide groups is 1. The number of urea groups is 1. The van der Waals surface area contributed by atoms with Crippen LogP contribution in [0.25, 0.3) is 10.9 Å². The molecule has 0 saturated carbocycles. The van der Waals surface area contributed by atoms with Gasteiger partial charge in [0.2, 0.25) is 0 Å². The largest absolute Gasteiger partial charge is 0.324 e. The minimum Gasteiger partial charge on any atom is -0.320 e. The molecular formula is C16H15N3O2. The van der Waals surface area contributed by atoms with Gasteiger partial charge in [-0.25, -0.2) is 4.79 Å². The van der Waals surface area contributed by atoms with E-state index in [1.54, 1.807) is 11.0 Å². The molecule has 1 N–H and O–H groups in total. The maximum atomic E-state index is 12.1. The Morgan fingerprint density at radius 1 is 1.19 bits per heavy atom. The first-order chi connectivity index (χ1) is 10.2. The number of amides is 3. The number of rotatable bonds is 1. The molecule has 5 nitrogen and oxygen atoms in total. The number of para-hydroxylation sites is 1. The summed E-state index contributed by atoms with van der Waals surface area (Å²) in [5.74, 6) is -0.423. The normalized spacial score (nSPS) is 14.2. The van der Waals surface area contributed by atoms with Crippen LogP contribution in [0, 0.1) is 0 Å².